The van der Waals surface area contributed by atoms with Crippen molar-refractivity contribution >= 4 is 26.7 Å². The molecule has 0 saturated heterocycles. The Bertz CT molecular complexity index is 550. The van der Waals surface area contributed by atoms with E-state index in [0.717, 1.165) is 16.6 Å². The van der Waals surface area contributed by atoms with Crippen molar-refractivity contribution < 1.29 is 4.74 Å². The quantitative estimate of drug-likeness (QED) is 0.536. The van der Waals surface area contributed by atoms with Crippen molar-refractivity contribution in [2.24, 2.45) is 0 Å². The Kier molecular flexibility index (Phi) is 5.90. The predicted molar refractivity (Wildman–Crippen MR) is 90.5 cm³/mol. The Morgan fingerprint density at radius 1 is 1.00 bits per heavy atom. The smallest absolute Gasteiger partial charge is 0.120 e. The lowest BCUT2D eigenvalue weighted by molar-refractivity contribution is 0.206. The molecule has 1 nitrogen and oxygen atoms in total. The largest absolute Gasteiger partial charge is 0.491 e. The molecule has 2 aromatic rings. The molecule has 0 aliphatic heterocycles. The van der Waals surface area contributed by atoms with Gasteiger partial charge in [0.2, 0.25) is 0 Å². The first-order valence-electron chi connectivity index (χ1n) is 7.55. The highest BCUT2D eigenvalue weighted by Crippen LogP contribution is 2.25. The average molecular weight is 335 g/mol. The van der Waals surface area contributed by atoms with E-state index in [-0.39, 0.29) is 0 Å². The molecule has 20 heavy (non-hydrogen) atoms. The summed E-state index contributed by atoms with van der Waals surface area (Å²) >= 11 is 3.50. The zero-order chi connectivity index (χ0) is 14.4. The van der Waals surface area contributed by atoms with E-state index in [2.05, 4.69) is 66.2 Å². The predicted octanol–water partition coefficient (Wildman–Crippen LogP) is 6.34. The maximum Gasteiger partial charge on any atom is 0.120 e. The first-order chi connectivity index (χ1) is 9.69. The van der Waals surface area contributed by atoms with E-state index >= 15 is 0 Å². The summed E-state index contributed by atoms with van der Waals surface area (Å²) in [6.45, 7) is 4.41. The van der Waals surface area contributed by atoms with Gasteiger partial charge in [0.1, 0.15) is 5.75 Å². The number of ether oxygens (including phenoxy) is 1. The van der Waals surface area contributed by atoms with Crippen molar-refractivity contribution in [3.8, 4) is 5.75 Å². The van der Waals surface area contributed by atoms with E-state index in [1.54, 1.807) is 0 Å². The number of rotatable bonds is 7. The molecule has 2 rings (SSSR count). The van der Waals surface area contributed by atoms with Crippen LogP contribution in [0.25, 0.3) is 10.8 Å². The summed E-state index contributed by atoms with van der Waals surface area (Å²) in [4.78, 5) is 0. The van der Waals surface area contributed by atoms with Crippen LogP contribution in [0.4, 0.5) is 0 Å². The Morgan fingerprint density at radius 2 is 1.75 bits per heavy atom. The van der Waals surface area contributed by atoms with Crippen LogP contribution in [0, 0.1) is 0 Å². The molecule has 0 aliphatic carbocycles. The first-order valence-corrected chi connectivity index (χ1v) is 8.34. The SMILES string of the molecule is CCCCCCC(C)Oc1ccc2cc(Br)ccc2c1. The normalized spacial score (nSPS) is 12.6. The molecule has 0 aromatic heterocycles. The number of benzene rings is 2. The summed E-state index contributed by atoms with van der Waals surface area (Å²) < 4.78 is 7.14. The van der Waals surface area contributed by atoms with Crippen molar-refractivity contribution in [1.82, 2.24) is 0 Å². The van der Waals surface area contributed by atoms with Gasteiger partial charge in [0.05, 0.1) is 6.10 Å². The third-order valence-corrected chi connectivity index (χ3v) is 4.07. The fourth-order valence-electron chi connectivity index (χ4n) is 2.42. The Balaban J connectivity index is 1.94. The molecule has 2 heteroatoms. The van der Waals surface area contributed by atoms with Gasteiger partial charge in [0, 0.05) is 4.47 Å². The molecule has 0 fully saturated rings. The molecule has 0 aliphatic rings. The molecule has 0 radical (unpaired) electrons. The maximum absolute atomic E-state index is 6.02. The third-order valence-electron chi connectivity index (χ3n) is 3.58. The Labute approximate surface area is 130 Å². The van der Waals surface area contributed by atoms with Crippen LogP contribution >= 0.6 is 15.9 Å². The van der Waals surface area contributed by atoms with Crippen molar-refractivity contribution in [2.45, 2.75) is 52.1 Å². The summed E-state index contributed by atoms with van der Waals surface area (Å²) in [5.41, 5.74) is 0. The molecule has 0 saturated carbocycles. The number of fused-ring (bicyclic) bond motifs is 1. The van der Waals surface area contributed by atoms with Gasteiger partial charge < -0.3 is 4.74 Å². The van der Waals surface area contributed by atoms with Gasteiger partial charge in [-0.3, -0.25) is 0 Å². The molecule has 2 aromatic carbocycles. The second kappa shape index (κ2) is 7.68. The minimum absolute atomic E-state index is 0.291. The molecule has 1 unspecified atom stereocenters. The van der Waals surface area contributed by atoms with E-state index in [4.69, 9.17) is 4.74 Å². The number of hydrogen-bond acceptors (Lipinski definition) is 1. The molecule has 0 spiro atoms. The van der Waals surface area contributed by atoms with Gasteiger partial charge in [-0.2, -0.15) is 0 Å². The van der Waals surface area contributed by atoms with Crippen LogP contribution in [-0.4, -0.2) is 6.10 Å². The topological polar surface area (TPSA) is 9.23 Å². The highest BCUT2D eigenvalue weighted by Gasteiger charge is 2.05. The van der Waals surface area contributed by atoms with Gasteiger partial charge in [-0.05, 0) is 54.8 Å². The summed E-state index contributed by atoms with van der Waals surface area (Å²) in [6.07, 6.45) is 6.62. The zero-order valence-corrected chi connectivity index (χ0v) is 13.9. The molecule has 1 atom stereocenters. The van der Waals surface area contributed by atoms with Crippen molar-refractivity contribution in [1.29, 1.82) is 0 Å². The molecule has 0 amide bonds. The van der Waals surface area contributed by atoms with Crippen LogP contribution in [-0.2, 0) is 0 Å². The lowest BCUT2D eigenvalue weighted by atomic mass is 10.1. The van der Waals surface area contributed by atoms with Crippen LogP contribution in [0.15, 0.2) is 40.9 Å². The van der Waals surface area contributed by atoms with E-state index < -0.39 is 0 Å². The summed E-state index contributed by atoms with van der Waals surface area (Å²) in [7, 11) is 0. The Morgan fingerprint density at radius 3 is 2.55 bits per heavy atom. The number of hydrogen-bond donors (Lipinski definition) is 0. The molecule has 0 N–H and O–H groups in total. The van der Waals surface area contributed by atoms with Crippen LogP contribution < -0.4 is 4.74 Å². The molecule has 108 valence electrons. The summed E-state index contributed by atoms with van der Waals surface area (Å²) in [5, 5.41) is 2.46. The molecular weight excluding hydrogens is 312 g/mol. The van der Waals surface area contributed by atoms with Crippen LogP contribution in [0.3, 0.4) is 0 Å². The summed E-state index contributed by atoms with van der Waals surface area (Å²) in [5.74, 6) is 0.975. The van der Waals surface area contributed by atoms with E-state index in [1.807, 2.05) is 0 Å². The lowest BCUT2D eigenvalue weighted by Gasteiger charge is -2.15. The van der Waals surface area contributed by atoms with Gasteiger partial charge in [-0.1, -0.05) is 54.2 Å². The molecule has 0 heterocycles. The van der Waals surface area contributed by atoms with Gasteiger partial charge in [0.15, 0.2) is 0 Å². The van der Waals surface area contributed by atoms with Crippen molar-refractivity contribution in [3.63, 3.8) is 0 Å². The highest BCUT2D eigenvalue weighted by molar-refractivity contribution is 9.10. The lowest BCUT2D eigenvalue weighted by Crippen LogP contribution is -2.11. The third kappa shape index (κ3) is 4.52. The minimum Gasteiger partial charge on any atom is -0.491 e. The molecular formula is C18H23BrO. The fraction of sp³-hybridized carbons (Fsp3) is 0.444. The van der Waals surface area contributed by atoms with Crippen LogP contribution in [0.5, 0.6) is 5.75 Å². The second-order valence-electron chi connectivity index (χ2n) is 5.43. The highest BCUT2D eigenvalue weighted by atomic mass is 79.9. The van der Waals surface area contributed by atoms with Crippen molar-refractivity contribution in [2.75, 3.05) is 0 Å². The van der Waals surface area contributed by atoms with Crippen LogP contribution in [0.2, 0.25) is 0 Å². The van der Waals surface area contributed by atoms with Gasteiger partial charge >= 0.3 is 0 Å². The van der Waals surface area contributed by atoms with Gasteiger partial charge in [-0.25, -0.2) is 0 Å². The first kappa shape index (κ1) is 15.4. The number of unbranched alkanes of at least 4 members (excludes halogenated alkanes) is 3. The van der Waals surface area contributed by atoms with Crippen LogP contribution in [0.1, 0.15) is 46.0 Å². The van der Waals surface area contributed by atoms with Gasteiger partial charge in [-0.15, -0.1) is 0 Å². The minimum atomic E-state index is 0.291. The van der Waals surface area contributed by atoms with E-state index in [9.17, 15) is 0 Å². The van der Waals surface area contributed by atoms with Crippen molar-refractivity contribution in [3.05, 3.63) is 40.9 Å². The van der Waals surface area contributed by atoms with E-state index in [0.29, 0.717) is 6.10 Å². The second-order valence-corrected chi connectivity index (χ2v) is 6.35. The standard InChI is InChI=1S/C18H23BrO/c1-3-4-5-6-7-14(2)20-18-11-9-15-12-17(19)10-8-16(15)13-18/h8-14H,3-7H2,1-2H3. The fourth-order valence-corrected chi connectivity index (χ4v) is 2.80. The Hall–Kier alpha value is -1.02. The number of halogens is 1. The van der Waals surface area contributed by atoms with Gasteiger partial charge in [0.25, 0.3) is 0 Å². The zero-order valence-electron chi connectivity index (χ0n) is 12.4. The maximum atomic E-state index is 6.02. The van der Waals surface area contributed by atoms with E-state index in [1.165, 1.54) is 36.5 Å². The molecule has 0 bridgehead atoms. The average Bonchev–Trinajstić information content (AvgIpc) is 2.44. The monoisotopic (exact) mass is 334 g/mol. The summed E-state index contributed by atoms with van der Waals surface area (Å²) in [6, 6.07) is 12.6.